The topological polar surface area (TPSA) is 88.5 Å². The highest BCUT2D eigenvalue weighted by Gasteiger charge is 2.49. The fourth-order valence-corrected chi connectivity index (χ4v) is 6.34. The van der Waals surface area contributed by atoms with Crippen molar-refractivity contribution in [1.29, 1.82) is 0 Å². The molecule has 1 aromatic carbocycles. The van der Waals surface area contributed by atoms with Crippen molar-refractivity contribution < 1.29 is 26.7 Å². The third-order valence-electron chi connectivity index (χ3n) is 8.27. The van der Waals surface area contributed by atoms with E-state index in [9.17, 15) is 26.7 Å². The summed E-state index contributed by atoms with van der Waals surface area (Å²) in [6.07, 6.45) is 2.03. The zero-order chi connectivity index (χ0) is 29.9. The number of nitrogens with one attached hydrogen (secondary N) is 2. The van der Waals surface area contributed by atoms with Gasteiger partial charge in [0.05, 0.1) is 11.7 Å². The Bertz CT molecular complexity index is 1840. The van der Waals surface area contributed by atoms with Gasteiger partial charge < -0.3 is 10.3 Å². The van der Waals surface area contributed by atoms with E-state index >= 15 is 0 Å². The maximum absolute atomic E-state index is 14.1. The quantitative estimate of drug-likeness (QED) is 0.218. The van der Waals surface area contributed by atoms with E-state index < -0.39 is 42.0 Å². The van der Waals surface area contributed by atoms with Crippen LogP contribution in [0.3, 0.4) is 0 Å². The molecule has 12 heteroatoms. The minimum atomic E-state index is -4.63. The first-order valence-electron chi connectivity index (χ1n) is 13.9. The normalized spacial score (nSPS) is 18.3. The molecule has 2 aliphatic carbocycles. The molecule has 7 nitrogen and oxygen atoms in total. The van der Waals surface area contributed by atoms with E-state index in [2.05, 4.69) is 25.4 Å². The Morgan fingerprint density at radius 2 is 1.93 bits per heavy atom. The van der Waals surface area contributed by atoms with Crippen molar-refractivity contribution in [2.45, 2.75) is 50.4 Å². The number of benzene rings is 1. The van der Waals surface area contributed by atoms with Gasteiger partial charge in [0.25, 0.3) is 0 Å². The lowest BCUT2D eigenvalue weighted by atomic mass is 9.95. The second-order valence-electron chi connectivity index (χ2n) is 11.2. The summed E-state index contributed by atoms with van der Waals surface area (Å²) >= 11 is 0. The highest BCUT2D eigenvalue weighted by Crippen LogP contribution is 2.56. The number of H-pyrrole nitrogens is 1. The molecule has 3 atom stereocenters. The molecule has 220 valence electrons. The van der Waals surface area contributed by atoms with Crippen LogP contribution in [0.5, 0.6) is 0 Å². The van der Waals surface area contributed by atoms with Gasteiger partial charge in [-0.05, 0) is 67.5 Å². The Morgan fingerprint density at radius 1 is 1.12 bits per heavy atom. The van der Waals surface area contributed by atoms with Gasteiger partial charge in [-0.15, -0.1) is 0 Å². The Balaban J connectivity index is 1.24. The number of carbonyl (C=O) groups is 1. The molecule has 1 fully saturated rings. The molecule has 4 heterocycles. The van der Waals surface area contributed by atoms with E-state index in [-0.39, 0.29) is 29.9 Å². The Hall–Kier alpha value is -4.61. The van der Waals surface area contributed by atoms with Crippen LogP contribution in [0.2, 0.25) is 0 Å². The van der Waals surface area contributed by atoms with E-state index in [1.54, 1.807) is 30.7 Å². The van der Waals surface area contributed by atoms with Gasteiger partial charge in [0, 0.05) is 58.3 Å². The highest BCUT2D eigenvalue weighted by molar-refractivity contribution is 5.82. The number of alkyl halides is 3. The van der Waals surface area contributed by atoms with Gasteiger partial charge in [-0.1, -0.05) is 6.07 Å². The first kappa shape index (κ1) is 27.2. The number of rotatable bonds is 7. The predicted octanol–water partition coefficient (Wildman–Crippen LogP) is 6.27. The molecule has 0 radical (unpaired) electrons. The number of aromatic nitrogens is 5. The molecule has 1 amide bonds. The molecule has 1 saturated carbocycles. The van der Waals surface area contributed by atoms with Crippen LogP contribution >= 0.6 is 0 Å². The van der Waals surface area contributed by atoms with Crippen LogP contribution < -0.4 is 5.32 Å². The third kappa shape index (κ3) is 5.26. The lowest BCUT2D eigenvalue weighted by molar-refractivity contribution is -0.142. The molecule has 5 aromatic rings. The third-order valence-corrected chi connectivity index (χ3v) is 8.27. The number of carbonyl (C=O) groups excluding carboxylic acids is 1. The number of amides is 1. The van der Waals surface area contributed by atoms with Gasteiger partial charge in [-0.25, -0.2) is 13.8 Å². The molecule has 0 bridgehead atoms. The van der Waals surface area contributed by atoms with Crippen LogP contribution in [0.1, 0.15) is 53.0 Å². The summed E-state index contributed by atoms with van der Waals surface area (Å²) in [6, 6.07) is 9.51. The summed E-state index contributed by atoms with van der Waals surface area (Å²) in [6.45, 7) is -0.436. The molecule has 0 aliphatic heterocycles. The molecule has 0 spiro atoms. The summed E-state index contributed by atoms with van der Waals surface area (Å²) in [4.78, 5) is 25.5. The first-order valence-corrected chi connectivity index (χ1v) is 13.9. The average molecular weight is 593 g/mol. The highest BCUT2D eigenvalue weighted by atomic mass is 19.4. The fourth-order valence-electron chi connectivity index (χ4n) is 6.34. The van der Waals surface area contributed by atoms with Crippen molar-refractivity contribution in [3.8, 4) is 11.1 Å². The first-order chi connectivity index (χ1) is 20.6. The van der Waals surface area contributed by atoms with E-state index in [1.165, 1.54) is 16.8 Å². The van der Waals surface area contributed by atoms with Crippen molar-refractivity contribution in [1.82, 2.24) is 30.0 Å². The van der Waals surface area contributed by atoms with Crippen LogP contribution in [-0.4, -0.2) is 30.6 Å². The maximum atomic E-state index is 14.1. The Morgan fingerprint density at radius 3 is 2.72 bits per heavy atom. The van der Waals surface area contributed by atoms with E-state index in [1.807, 2.05) is 12.1 Å². The van der Waals surface area contributed by atoms with Gasteiger partial charge in [-0.2, -0.15) is 18.3 Å². The summed E-state index contributed by atoms with van der Waals surface area (Å²) in [5, 5.41) is 7.59. The number of hydrogen-bond donors (Lipinski definition) is 2. The molecule has 2 N–H and O–H groups in total. The second kappa shape index (κ2) is 10.3. The largest absolute Gasteiger partial charge is 0.435 e. The summed E-state index contributed by atoms with van der Waals surface area (Å²) in [7, 11) is 0. The molecule has 2 unspecified atom stereocenters. The van der Waals surface area contributed by atoms with Crippen molar-refractivity contribution in [3.05, 3.63) is 101 Å². The van der Waals surface area contributed by atoms with E-state index in [0.717, 1.165) is 17.9 Å². The van der Waals surface area contributed by atoms with Crippen LogP contribution in [0.4, 0.5) is 22.0 Å². The fraction of sp³-hybridized carbons (Fsp3) is 0.290. The average Bonchev–Trinajstić information content (AvgIpc) is 3.42. The zero-order valence-electron chi connectivity index (χ0n) is 22.6. The van der Waals surface area contributed by atoms with Crippen molar-refractivity contribution in [3.63, 3.8) is 0 Å². The lowest BCUT2D eigenvalue weighted by Crippen LogP contribution is -2.34. The molecule has 0 saturated heterocycles. The number of hydrogen-bond acceptors (Lipinski definition) is 4. The number of fused-ring (bicyclic) bond motifs is 4. The van der Waals surface area contributed by atoms with Crippen LogP contribution in [-0.2, 0) is 30.4 Å². The number of pyridine rings is 2. The second-order valence-corrected chi connectivity index (χ2v) is 11.2. The van der Waals surface area contributed by atoms with Crippen molar-refractivity contribution >= 4 is 16.9 Å². The zero-order valence-corrected chi connectivity index (χ0v) is 22.6. The number of aromatic amines is 1. The molecule has 2 aliphatic rings. The molecular weight excluding hydrogens is 567 g/mol. The summed E-state index contributed by atoms with van der Waals surface area (Å²) < 4.78 is 71.0. The van der Waals surface area contributed by atoms with Crippen LogP contribution in [0, 0.1) is 17.6 Å². The van der Waals surface area contributed by atoms with Crippen LogP contribution in [0.25, 0.3) is 22.2 Å². The summed E-state index contributed by atoms with van der Waals surface area (Å²) in [5.74, 6) is -1.87. The van der Waals surface area contributed by atoms with Crippen molar-refractivity contribution in [2.75, 3.05) is 0 Å². The molecular formula is C31H25F5N6O. The molecule has 4 aromatic heterocycles. The minimum absolute atomic E-state index is 0.0278. The maximum Gasteiger partial charge on any atom is 0.435 e. The number of halogens is 5. The van der Waals surface area contributed by atoms with Gasteiger partial charge in [0.15, 0.2) is 5.69 Å². The molecule has 43 heavy (non-hydrogen) atoms. The van der Waals surface area contributed by atoms with Crippen molar-refractivity contribution in [2.24, 2.45) is 5.92 Å². The SMILES string of the molecule is O=C(Cn1nc(C(F)(F)F)c2c1C1CC1CC2)N[C@@H](Cc1cc(F)cc(F)c1)c1ncccc1-c1cnc2[nH]ccc2c1. The number of nitrogens with zero attached hydrogens (tertiary/aromatic N) is 4. The van der Waals surface area contributed by atoms with Crippen LogP contribution in [0.15, 0.2) is 61.1 Å². The standard InChI is InChI=1S/C31H25F5N6O/c32-20-8-16(9-21(33)13-20)10-25(27-22(2-1-6-37-27)19-11-18-5-7-38-30(18)39-14-19)40-26(43)15-42-28-23(4-3-17-12-24(17)28)29(41-42)31(34,35)36/h1-2,5-9,11,13-14,17,24-25H,3-4,10,12,15H2,(H,38,39)(H,40,43)/t17?,24?,25-/m0/s1. The smallest absolute Gasteiger partial charge is 0.346 e. The predicted molar refractivity (Wildman–Crippen MR) is 147 cm³/mol. The van der Waals surface area contributed by atoms with Gasteiger partial charge in [0.1, 0.15) is 23.8 Å². The van der Waals surface area contributed by atoms with Gasteiger partial charge >= 0.3 is 6.18 Å². The summed E-state index contributed by atoms with van der Waals surface area (Å²) in [5.41, 5.74) is 2.43. The Labute approximate surface area is 242 Å². The Kier molecular flexibility index (Phi) is 6.51. The molecule has 7 rings (SSSR count). The monoisotopic (exact) mass is 592 g/mol. The van der Waals surface area contributed by atoms with E-state index in [0.29, 0.717) is 40.5 Å². The van der Waals surface area contributed by atoms with E-state index in [4.69, 9.17) is 0 Å². The van der Waals surface area contributed by atoms with Gasteiger partial charge in [-0.3, -0.25) is 14.5 Å². The van der Waals surface area contributed by atoms with Gasteiger partial charge in [0.2, 0.25) is 5.91 Å². The lowest BCUT2D eigenvalue weighted by Gasteiger charge is -2.22. The minimum Gasteiger partial charge on any atom is -0.346 e.